The number of rotatable bonds is 7. The number of aryl methyl sites for hydroxylation is 1. The largest absolute Gasteiger partial charge is 0.496 e. The van der Waals surface area contributed by atoms with Gasteiger partial charge in [0.2, 0.25) is 5.91 Å². The fourth-order valence-corrected chi connectivity index (χ4v) is 2.98. The normalized spacial score (nSPS) is 10.3. The molecule has 5 nitrogen and oxygen atoms in total. The Morgan fingerprint density at radius 3 is 2.75 bits per heavy atom. The molecule has 0 fully saturated rings. The van der Waals surface area contributed by atoms with Gasteiger partial charge in [-0.3, -0.25) is 9.59 Å². The zero-order valence-corrected chi connectivity index (χ0v) is 15.0. The van der Waals surface area contributed by atoms with Gasteiger partial charge >= 0.3 is 0 Å². The highest BCUT2D eigenvalue weighted by atomic mass is 32.1. The zero-order valence-electron chi connectivity index (χ0n) is 14.2. The number of nitrogens with zero attached hydrogens (tertiary/aromatic N) is 1. The molecule has 0 saturated carbocycles. The first kappa shape index (κ1) is 18.0. The molecule has 0 aliphatic heterocycles. The molecule has 0 aliphatic carbocycles. The van der Waals surface area contributed by atoms with Crippen molar-refractivity contribution in [2.75, 3.05) is 20.7 Å². The number of amides is 2. The van der Waals surface area contributed by atoms with Gasteiger partial charge in [-0.25, -0.2) is 0 Å². The van der Waals surface area contributed by atoms with E-state index in [2.05, 4.69) is 5.32 Å². The van der Waals surface area contributed by atoms with Crippen molar-refractivity contribution in [3.63, 3.8) is 0 Å². The third kappa shape index (κ3) is 4.83. The van der Waals surface area contributed by atoms with Gasteiger partial charge in [0.05, 0.1) is 7.11 Å². The highest BCUT2D eigenvalue weighted by Gasteiger charge is 2.13. The molecule has 0 aliphatic rings. The van der Waals surface area contributed by atoms with E-state index in [1.807, 2.05) is 30.5 Å². The van der Waals surface area contributed by atoms with Crippen LogP contribution in [0.25, 0.3) is 0 Å². The van der Waals surface area contributed by atoms with Crippen LogP contribution in [-0.2, 0) is 11.3 Å². The van der Waals surface area contributed by atoms with Crippen molar-refractivity contribution >= 4 is 23.2 Å². The second-order valence-electron chi connectivity index (χ2n) is 5.58. The van der Waals surface area contributed by atoms with Crippen molar-refractivity contribution in [2.45, 2.75) is 19.9 Å². The smallest absolute Gasteiger partial charge is 0.252 e. The second kappa shape index (κ2) is 8.49. The van der Waals surface area contributed by atoms with Crippen LogP contribution in [0.3, 0.4) is 0 Å². The van der Waals surface area contributed by atoms with E-state index in [4.69, 9.17) is 4.74 Å². The molecule has 2 amide bonds. The molecule has 1 aromatic heterocycles. The summed E-state index contributed by atoms with van der Waals surface area (Å²) in [5, 5.41) is 6.40. The predicted octanol–water partition coefficient (Wildman–Crippen LogP) is 2.84. The van der Waals surface area contributed by atoms with Crippen LogP contribution in [0.4, 0.5) is 0 Å². The van der Waals surface area contributed by atoms with Gasteiger partial charge in [0.1, 0.15) is 5.75 Å². The molecular formula is C18H22N2O3S. The van der Waals surface area contributed by atoms with Gasteiger partial charge in [0.25, 0.3) is 5.91 Å². The predicted molar refractivity (Wildman–Crippen MR) is 95.5 cm³/mol. The quantitative estimate of drug-likeness (QED) is 0.839. The number of hydrogen-bond donors (Lipinski definition) is 1. The highest BCUT2D eigenvalue weighted by molar-refractivity contribution is 7.08. The molecule has 0 radical (unpaired) electrons. The van der Waals surface area contributed by atoms with Crippen LogP contribution in [0.5, 0.6) is 5.75 Å². The summed E-state index contributed by atoms with van der Waals surface area (Å²) in [5.41, 5.74) is 2.72. The number of carbonyl (C=O) groups is 2. The van der Waals surface area contributed by atoms with Gasteiger partial charge in [0, 0.05) is 43.1 Å². The summed E-state index contributed by atoms with van der Waals surface area (Å²) in [7, 11) is 3.38. The molecule has 6 heteroatoms. The Morgan fingerprint density at radius 2 is 2.08 bits per heavy atom. The van der Waals surface area contributed by atoms with E-state index in [1.54, 1.807) is 30.5 Å². The fourth-order valence-electron chi connectivity index (χ4n) is 2.34. The van der Waals surface area contributed by atoms with Gasteiger partial charge in [-0.1, -0.05) is 17.7 Å². The van der Waals surface area contributed by atoms with Crippen molar-refractivity contribution in [3.05, 3.63) is 51.7 Å². The minimum atomic E-state index is -0.146. The number of carbonyl (C=O) groups excluding carboxylic acids is 2. The van der Waals surface area contributed by atoms with Gasteiger partial charge in [-0.05, 0) is 24.4 Å². The third-order valence-corrected chi connectivity index (χ3v) is 4.36. The number of thiophene rings is 1. The topological polar surface area (TPSA) is 58.6 Å². The molecule has 2 rings (SSSR count). The molecule has 0 atom stereocenters. The zero-order chi connectivity index (χ0) is 17.5. The van der Waals surface area contributed by atoms with Gasteiger partial charge in [0.15, 0.2) is 0 Å². The van der Waals surface area contributed by atoms with Crippen LogP contribution < -0.4 is 10.1 Å². The second-order valence-corrected chi connectivity index (χ2v) is 6.36. The number of benzene rings is 1. The maximum absolute atomic E-state index is 12.2. The Labute approximate surface area is 146 Å². The monoisotopic (exact) mass is 346 g/mol. The summed E-state index contributed by atoms with van der Waals surface area (Å²) >= 11 is 1.47. The van der Waals surface area contributed by atoms with Gasteiger partial charge < -0.3 is 15.0 Å². The average Bonchev–Trinajstić information content (AvgIpc) is 3.09. The van der Waals surface area contributed by atoms with Crippen molar-refractivity contribution < 1.29 is 14.3 Å². The van der Waals surface area contributed by atoms with E-state index < -0.39 is 0 Å². The van der Waals surface area contributed by atoms with E-state index in [-0.39, 0.29) is 18.2 Å². The standard InChI is InChI=1S/C18H22N2O3S/c1-13-4-5-16(23-3)15(10-13)11-20(2)17(21)6-8-19-18(22)14-7-9-24-12-14/h4-5,7,9-10,12H,6,8,11H2,1-3H3,(H,19,22). The maximum Gasteiger partial charge on any atom is 0.252 e. The molecular weight excluding hydrogens is 324 g/mol. The minimum absolute atomic E-state index is 0.0239. The number of methoxy groups -OCH3 is 1. The van der Waals surface area contributed by atoms with E-state index >= 15 is 0 Å². The summed E-state index contributed by atoms with van der Waals surface area (Å²) in [4.78, 5) is 25.7. The summed E-state index contributed by atoms with van der Waals surface area (Å²) < 4.78 is 5.34. The Bertz CT molecular complexity index is 698. The minimum Gasteiger partial charge on any atom is -0.496 e. The first-order valence-corrected chi connectivity index (χ1v) is 8.63. The van der Waals surface area contributed by atoms with Crippen LogP contribution in [0.2, 0.25) is 0 Å². The summed E-state index contributed by atoms with van der Waals surface area (Å²) in [6.45, 7) is 2.80. The van der Waals surface area contributed by atoms with Crippen molar-refractivity contribution in [1.82, 2.24) is 10.2 Å². The van der Waals surface area contributed by atoms with E-state index in [9.17, 15) is 9.59 Å². The Balaban J connectivity index is 1.84. The molecule has 0 spiro atoms. The first-order valence-electron chi connectivity index (χ1n) is 7.69. The molecule has 24 heavy (non-hydrogen) atoms. The summed E-state index contributed by atoms with van der Waals surface area (Å²) in [5.74, 6) is 0.599. The Morgan fingerprint density at radius 1 is 1.29 bits per heavy atom. The molecule has 1 heterocycles. The lowest BCUT2D eigenvalue weighted by Gasteiger charge is -2.19. The fraction of sp³-hybridized carbons (Fsp3) is 0.333. The molecule has 2 aromatic rings. The van der Waals surface area contributed by atoms with E-state index in [0.717, 1.165) is 16.9 Å². The van der Waals surface area contributed by atoms with Gasteiger partial charge in [-0.15, -0.1) is 0 Å². The SMILES string of the molecule is COc1ccc(C)cc1CN(C)C(=O)CCNC(=O)c1ccsc1. The Kier molecular flexibility index (Phi) is 6.37. The molecule has 1 N–H and O–H groups in total. The van der Waals surface area contributed by atoms with Crippen LogP contribution in [-0.4, -0.2) is 37.4 Å². The molecule has 0 unspecified atom stereocenters. The number of nitrogens with one attached hydrogen (secondary N) is 1. The Hall–Kier alpha value is -2.34. The van der Waals surface area contributed by atoms with Crippen LogP contribution in [0.1, 0.15) is 27.9 Å². The van der Waals surface area contributed by atoms with Crippen molar-refractivity contribution in [1.29, 1.82) is 0 Å². The van der Waals surface area contributed by atoms with Crippen LogP contribution >= 0.6 is 11.3 Å². The third-order valence-electron chi connectivity index (χ3n) is 3.68. The first-order chi connectivity index (χ1) is 11.5. The molecule has 1 aromatic carbocycles. The highest BCUT2D eigenvalue weighted by Crippen LogP contribution is 2.21. The summed E-state index contributed by atoms with van der Waals surface area (Å²) in [6.07, 6.45) is 0.264. The number of ether oxygens (including phenoxy) is 1. The van der Waals surface area contributed by atoms with Crippen molar-refractivity contribution in [2.24, 2.45) is 0 Å². The lowest BCUT2D eigenvalue weighted by Crippen LogP contribution is -2.31. The lowest BCUT2D eigenvalue weighted by atomic mass is 10.1. The van der Waals surface area contributed by atoms with Crippen LogP contribution in [0.15, 0.2) is 35.0 Å². The molecule has 0 bridgehead atoms. The molecule has 0 saturated heterocycles. The molecule has 128 valence electrons. The lowest BCUT2D eigenvalue weighted by molar-refractivity contribution is -0.130. The van der Waals surface area contributed by atoms with E-state index in [1.165, 1.54) is 11.3 Å². The number of hydrogen-bond acceptors (Lipinski definition) is 4. The average molecular weight is 346 g/mol. The maximum atomic E-state index is 12.2. The van der Waals surface area contributed by atoms with Crippen molar-refractivity contribution in [3.8, 4) is 5.75 Å². The summed E-state index contributed by atoms with van der Waals surface area (Å²) in [6, 6.07) is 7.66. The van der Waals surface area contributed by atoms with E-state index in [0.29, 0.717) is 18.7 Å². The van der Waals surface area contributed by atoms with Gasteiger partial charge in [-0.2, -0.15) is 11.3 Å². The van der Waals surface area contributed by atoms with Crippen LogP contribution in [0, 0.1) is 6.92 Å².